The van der Waals surface area contributed by atoms with Crippen LogP contribution >= 0.6 is 22.6 Å². The Kier molecular flexibility index (Phi) is 11.2. The number of rotatable bonds is 17. The van der Waals surface area contributed by atoms with Crippen LogP contribution in [0.3, 0.4) is 0 Å². The third kappa shape index (κ3) is 9.82. The molecule has 2 aliphatic rings. The number of benzene rings is 3. The van der Waals surface area contributed by atoms with Gasteiger partial charge >= 0.3 is 5.97 Å². The molecule has 0 amide bonds. The molecule has 0 aromatic heterocycles. The highest BCUT2D eigenvalue weighted by Gasteiger charge is 2.42. The molecule has 0 bridgehead atoms. The first-order valence-corrected chi connectivity index (χ1v) is 16.0. The Balaban J connectivity index is 0.957. The summed E-state index contributed by atoms with van der Waals surface area (Å²) >= 11 is 2.22. The van der Waals surface area contributed by atoms with Gasteiger partial charge in [-0.1, -0.05) is 25.5 Å². The molecular formula is C34H39IO8. The van der Waals surface area contributed by atoms with E-state index in [1.807, 2.05) is 31.2 Å². The molecule has 5 rings (SSSR count). The van der Waals surface area contributed by atoms with Crippen molar-refractivity contribution in [2.45, 2.75) is 56.0 Å². The van der Waals surface area contributed by atoms with Crippen LogP contribution in [0.4, 0.5) is 0 Å². The molecule has 0 saturated carbocycles. The van der Waals surface area contributed by atoms with E-state index in [9.17, 15) is 4.79 Å². The summed E-state index contributed by atoms with van der Waals surface area (Å²) in [5.74, 6) is 2.19. The van der Waals surface area contributed by atoms with Gasteiger partial charge in [0.05, 0.1) is 32.0 Å². The third-order valence-electron chi connectivity index (χ3n) is 7.14. The highest BCUT2D eigenvalue weighted by Crippen LogP contribution is 2.40. The molecule has 3 aromatic carbocycles. The number of unbranched alkanes of at least 4 members (excludes halogenated alkanes) is 3. The minimum absolute atomic E-state index is 0.0998. The van der Waals surface area contributed by atoms with Crippen LogP contribution in [0.15, 0.2) is 72.8 Å². The van der Waals surface area contributed by atoms with Gasteiger partial charge < -0.3 is 33.2 Å². The second-order valence-corrected chi connectivity index (χ2v) is 13.0. The molecule has 230 valence electrons. The largest absolute Gasteiger partial charge is 0.494 e. The van der Waals surface area contributed by atoms with Crippen LogP contribution in [0.2, 0.25) is 0 Å². The minimum atomic E-state index is -0.434. The summed E-state index contributed by atoms with van der Waals surface area (Å²) in [5.41, 5.74) is 1.70. The quantitative estimate of drug-likeness (QED) is 0.0357. The van der Waals surface area contributed by atoms with E-state index in [-0.39, 0.29) is 21.9 Å². The molecular weight excluding hydrogens is 663 g/mol. The summed E-state index contributed by atoms with van der Waals surface area (Å²) in [6.45, 7) is 8.01. The van der Waals surface area contributed by atoms with E-state index >= 15 is 0 Å². The summed E-state index contributed by atoms with van der Waals surface area (Å²) in [5, 5.41) is 0. The van der Waals surface area contributed by atoms with Gasteiger partial charge in [0.2, 0.25) is 6.29 Å². The minimum Gasteiger partial charge on any atom is -0.494 e. The summed E-state index contributed by atoms with van der Waals surface area (Å²) in [4.78, 5) is 12.6. The van der Waals surface area contributed by atoms with Crippen LogP contribution in [0, 0.1) is 5.41 Å². The number of esters is 1. The summed E-state index contributed by atoms with van der Waals surface area (Å²) < 4.78 is 39.8. The first-order valence-electron chi connectivity index (χ1n) is 14.8. The second kappa shape index (κ2) is 15.2. The van der Waals surface area contributed by atoms with Gasteiger partial charge in [0, 0.05) is 12.0 Å². The average molecular weight is 703 g/mol. The lowest BCUT2D eigenvalue weighted by molar-refractivity contribution is -0.137. The molecule has 3 unspecified atom stereocenters. The van der Waals surface area contributed by atoms with Crippen LogP contribution in [0.1, 0.15) is 61.6 Å². The van der Waals surface area contributed by atoms with Gasteiger partial charge in [-0.15, -0.1) is 0 Å². The van der Waals surface area contributed by atoms with Crippen LogP contribution in [0.25, 0.3) is 0 Å². The van der Waals surface area contributed by atoms with E-state index in [1.165, 1.54) is 0 Å². The first kappa shape index (κ1) is 31.6. The Hall–Kier alpha value is -2.86. The summed E-state index contributed by atoms with van der Waals surface area (Å²) in [6, 6.07) is 21.8. The Labute approximate surface area is 267 Å². The Morgan fingerprint density at radius 2 is 1.49 bits per heavy atom. The van der Waals surface area contributed by atoms with Crippen molar-refractivity contribution in [1.29, 1.82) is 0 Å². The molecule has 8 nitrogen and oxygen atoms in total. The van der Waals surface area contributed by atoms with Gasteiger partial charge in [-0.2, -0.15) is 0 Å². The molecule has 0 radical (unpaired) electrons. The fourth-order valence-corrected chi connectivity index (χ4v) is 4.92. The number of epoxide rings is 1. The molecule has 43 heavy (non-hydrogen) atoms. The maximum absolute atomic E-state index is 12.6. The Morgan fingerprint density at radius 1 is 0.860 bits per heavy atom. The number of carbonyl (C=O) groups excluding carboxylic acids is 1. The molecule has 0 aliphatic carbocycles. The molecule has 2 aliphatic heterocycles. The van der Waals surface area contributed by atoms with E-state index in [2.05, 4.69) is 29.5 Å². The van der Waals surface area contributed by atoms with Gasteiger partial charge in [0.25, 0.3) is 0 Å². The Bertz CT molecular complexity index is 1290. The van der Waals surface area contributed by atoms with Gasteiger partial charge in [-0.3, -0.25) is 0 Å². The van der Waals surface area contributed by atoms with Crippen molar-refractivity contribution in [1.82, 2.24) is 0 Å². The first-order chi connectivity index (χ1) is 20.9. The van der Waals surface area contributed by atoms with Crippen LogP contribution in [0.5, 0.6) is 23.0 Å². The van der Waals surface area contributed by atoms with Crippen LogP contribution in [-0.4, -0.2) is 49.4 Å². The van der Waals surface area contributed by atoms with E-state index in [0.717, 1.165) is 69.2 Å². The second-order valence-electron chi connectivity index (χ2n) is 11.3. The van der Waals surface area contributed by atoms with Crippen molar-refractivity contribution in [3.8, 4) is 23.0 Å². The monoisotopic (exact) mass is 702 g/mol. The molecule has 2 saturated heterocycles. The Morgan fingerprint density at radius 3 is 2.14 bits per heavy atom. The smallest absolute Gasteiger partial charge is 0.343 e. The molecule has 0 spiro atoms. The van der Waals surface area contributed by atoms with E-state index < -0.39 is 5.97 Å². The zero-order valence-electron chi connectivity index (χ0n) is 24.7. The van der Waals surface area contributed by atoms with Crippen molar-refractivity contribution in [2.24, 2.45) is 5.41 Å². The highest BCUT2D eigenvalue weighted by atomic mass is 127. The highest BCUT2D eigenvalue weighted by molar-refractivity contribution is 14.1. The zero-order valence-corrected chi connectivity index (χ0v) is 26.8. The maximum Gasteiger partial charge on any atom is 0.343 e. The normalized spacial score (nSPS) is 19.1. The number of alkyl halides is 1. The lowest BCUT2D eigenvalue weighted by Gasteiger charge is -2.37. The topological polar surface area (TPSA) is 85.0 Å². The zero-order chi connectivity index (χ0) is 30.1. The van der Waals surface area contributed by atoms with Gasteiger partial charge in [0.15, 0.2) is 0 Å². The van der Waals surface area contributed by atoms with Crippen molar-refractivity contribution >= 4 is 28.6 Å². The maximum atomic E-state index is 12.6. The number of halogens is 1. The number of hydrogen-bond donors (Lipinski definition) is 0. The van der Waals surface area contributed by atoms with Crippen molar-refractivity contribution in [2.75, 3.05) is 33.0 Å². The van der Waals surface area contributed by atoms with E-state index in [0.29, 0.717) is 23.7 Å². The lowest BCUT2D eigenvalue weighted by atomic mass is 9.90. The fraction of sp³-hybridized carbons (Fsp3) is 0.441. The average Bonchev–Trinajstić information content (AvgIpc) is 3.75. The van der Waals surface area contributed by atoms with Crippen LogP contribution < -0.4 is 18.9 Å². The third-order valence-corrected chi connectivity index (χ3v) is 7.39. The number of ether oxygens (including phenoxy) is 7. The van der Waals surface area contributed by atoms with Gasteiger partial charge in [-0.05, 0) is 115 Å². The van der Waals surface area contributed by atoms with Crippen LogP contribution in [-0.2, 0) is 14.2 Å². The van der Waals surface area contributed by atoms with Crippen molar-refractivity contribution < 1.29 is 38.0 Å². The predicted octanol–water partition coefficient (Wildman–Crippen LogP) is 7.53. The van der Waals surface area contributed by atoms with E-state index in [4.69, 9.17) is 33.2 Å². The molecule has 3 aromatic rings. The number of carbonyl (C=O) groups is 1. The number of hydrogen-bond acceptors (Lipinski definition) is 8. The van der Waals surface area contributed by atoms with Crippen molar-refractivity contribution in [3.63, 3.8) is 0 Å². The molecule has 3 atom stereocenters. The van der Waals surface area contributed by atoms with E-state index in [1.54, 1.807) is 48.5 Å². The predicted molar refractivity (Wildman–Crippen MR) is 170 cm³/mol. The van der Waals surface area contributed by atoms with Crippen molar-refractivity contribution in [3.05, 3.63) is 83.9 Å². The molecule has 0 N–H and O–H groups in total. The molecule has 2 heterocycles. The molecule has 9 heteroatoms. The fourth-order valence-electron chi connectivity index (χ4n) is 4.62. The lowest BCUT2D eigenvalue weighted by Crippen LogP contribution is -2.43. The standard InChI is InChI=1S/C34H39IO8/c1-24(35)40-28-13-7-25(8-14-28)31-33(43-31)42-30-17-15-29(16-18-30)41-32(36)26-9-11-27(12-10-26)39-20-6-4-3-5-19-37-21-34(2)22-38-23-34/h7-18,24,31,33H,3-6,19-23H2,1-2H3. The molecule has 2 fully saturated rings. The summed E-state index contributed by atoms with van der Waals surface area (Å²) in [7, 11) is 0. The SMILES string of the molecule is CC(I)Oc1ccc(C2OC2Oc2ccc(OC(=O)c3ccc(OCCCCCCOCC4(C)COC4)cc3)cc2)cc1. The van der Waals surface area contributed by atoms with Gasteiger partial charge in [0.1, 0.15) is 33.2 Å². The van der Waals surface area contributed by atoms with Gasteiger partial charge in [-0.25, -0.2) is 4.79 Å². The summed E-state index contributed by atoms with van der Waals surface area (Å²) in [6.07, 6.45) is 3.76.